The highest BCUT2D eigenvalue weighted by Gasteiger charge is 2.16. The van der Waals surface area contributed by atoms with Crippen molar-refractivity contribution in [3.05, 3.63) is 59.9 Å². The molecule has 0 amide bonds. The third-order valence-corrected chi connectivity index (χ3v) is 3.43. The molecular weight excluding hydrogens is 349 g/mol. The highest BCUT2D eigenvalue weighted by molar-refractivity contribution is 5.79. The van der Waals surface area contributed by atoms with Gasteiger partial charge in [-0.15, -0.1) is 0 Å². The molecule has 4 rings (SSSR count). The first-order valence-electron chi connectivity index (χ1n) is 7.34. The molecule has 0 bridgehead atoms. The van der Waals surface area contributed by atoms with E-state index in [1.165, 1.54) is 30.3 Å². The number of fused-ring (bicyclic) bond motifs is 1. The van der Waals surface area contributed by atoms with Crippen LogP contribution in [0.3, 0.4) is 0 Å². The molecule has 0 spiro atoms. The number of hydrogen-bond donors (Lipinski definition) is 2. The van der Waals surface area contributed by atoms with Crippen LogP contribution in [0.4, 0.5) is 36.2 Å². The summed E-state index contributed by atoms with van der Waals surface area (Å²) in [5, 5.41) is 12.6. The van der Waals surface area contributed by atoms with Crippen molar-refractivity contribution in [3.8, 4) is 0 Å². The first kappa shape index (κ1) is 15.8. The Balaban J connectivity index is 1.78. The lowest BCUT2D eigenvalue weighted by Crippen LogP contribution is -2.05. The number of hydrogen-bond acceptors (Lipinski definition) is 7. The summed E-state index contributed by atoms with van der Waals surface area (Å²) in [6, 6.07) is 8.87. The van der Waals surface area contributed by atoms with Crippen LogP contribution in [0, 0.1) is 17.5 Å². The largest absolute Gasteiger partial charge is 0.337 e. The van der Waals surface area contributed by atoms with E-state index in [4.69, 9.17) is 0 Å². The maximum Gasteiger partial charge on any atom is 0.245 e. The van der Waals surface area contributed by atoms with Crippen molar-refractivity contribution in [2.45, 2.75) is 0 Å². The second-order valence-corrected chi connectivity index (χ2v) is 5.19. The van der Waals surface area contributed by atoms with Crippen molar-refractivity contribution in [2.75, 3.05) is 10.6 Å². The van der Waals surface area contributed by atoms with Gasteiger partial charge in [-0.2, -0.15) is 0 Å². The summed E-state index contributed by atoms with van der Waals surface area (Å²) in [7, 11) is 0. The van der Waals surface area contributed by atoms with Gasteiger partial charge in [0.2, 0.25) is 11.3 Å². The van der Waals surface area contributed by atoms with Gasteiger partial charge in [0.05, 0.1) is 0 Å². The van der Waals surface area contributed by atoms with E-state index in [0.717, 1.165) is 12.1 Å². The van der Waals surface area contributed by atoms with Gasteiger partial charge in [0, 0.05) is 5.69 Å². The molecule has 0 unspecified atom stereocenters. The van der Waals surface area contributed by atoms with Gasteiger partial charge < -0.3 is 10.6 Å². The van der Waals surface area contributed by atoms with Gasteiger partial charge in [-0.3, -0.25) is 0 Å². The summed E-state index contributed by atoms with van der Waals surface area (Å²) in [5.41, 5.74) is 0.219. The minimum Gasteiger partial charge on any atom is -0.337 e. The second-order valence-electron chi connectivity index (χ2n) is 5.19. The van der Waals surface area contributed by atoms with E-state index in [0.29, 0.717) is 5.69 Å². The van der Waals surface area contributed by atoms with Crippen molar-refractivity contribution < 1.29 is 17.8 Å². The fourth-order valence-corrected chi connectivity index (χ4v) is 2.22. The number of nitrogens with zero attached hydrogens (tertiary/aromatic N) is 4. The number of halogens is 3. The number of aromatic nitrogens is 4. The second kappa shape index (κ2) is 6.31. The van der Waals surface area contributed by atoms with Gasteiger partial charge in [-0.05, 0) is 46.7 Å². The Morgan fingerprint density at radius 1 is 0.731 bits per heavy atom. The van der Waals surface area contributed by atoms with Crippen molar-refractivity contribution >= 4 is 34.3 Å². The normalized spacial score (nSPS) is 10.9. The molecule has 2 aromatic heterocycles. The van der Waals surface area contributed by atoms with Crippen molar-refractivity contribution in [1.82, 2.24) is 20.3 Å². The fourth-order valence-electron chi connectivity index (χ4n) is 2.22. The number of para-hydroxylation sites is 1. The molecule has 10 heteroatoms. The maximum atomic E-state index is 13.9. The third kappa shape index (κ3) is 2.99. The lowest BCUT2D eigenvalue weighted by Gasteiger charge is -2.12. The van der Waals surface area contributed by atoms with Crippen LogP contribution in [0.1, 0.15) is 0 Å². The monoisotopic (exact) mass is 358 g/mol. The van der Waals surface area contributed by atoms with Crippen molar-refractivity contribution in [2.24, 2.45) is 0 Å². The lowest BCUT2D eigenvalue weighted by atomic mass is 10.3. The molecule has 7 nitrogen and oxygen atoms in total. The molecular formula is C16H9F3N6O. The zero-order chi connectivity index (χ0) is 18.1. The first-order valence-corrected chi connectivity index (χ1v) is 7.34. The highest BCUT2D eigenvalue weighted by Crippen LogP contribution is 2.29. The summed E-state index contributed by atoms with van der Waals surface area (Å²) in [6.45, 7) is 0. The van der Waals surface area contributed by atoms with Crippen LogP contribution in [0.2, 0.25) is 0 Å². The Morgan fingerprint density at radius 3 is 1.92 bits per heavy atom. The average molecular weight is 358 g/mol. The van der Waals surface area contributed by atoms with Crippen LogP contribution < -0.4 is 10.6 Å². The van der Waals surface area contributed by atoms with Gasteiger partial charge in [0.25, 0.3) is 0 Å². The van der Waals surface area contributed by atoms with E-state index in [-0.39, 0.29) is 22.9 Å². The molecule has 0 atom stereocenters. The summed E-state index contributed by atoms with van der Waals surface area (Å²) in [5.74, 6) is -1.94. The predicted molar refractivity (Wildman–Crippen MR) is 86.7 cm³/mol. The lowest BCUT2D eigenvalue weighted by molar-refractivity contribution is 0.314. The van der Waals surface area contributed by atoms with Crippen LogP contribution in [-0.2, 0) is 0 Å². The van der Waals surface area contributed by atoms with Crippen LogP contribution in [0.25, 0.3) is 11.3 Å². The molecule has 0 aliphatic heterocycles. The molecule has 0 aliphatic rings. The molecule has 2 heterocycles. The molecule has 0 saturated carbocycles. The van der Waals surface area contributed by atoms with Crippen LogP contribution in [-0.4, -0.2) is 20.3 Å². The number of benzene rings is 2. The molecule has 130 valence electrons. The Kier molecular flexibility index (Phi) is 3.84. The molecule has 4 aromatic rings. The van der Waals surface area contributed by atoms with Crippen LogP contribution in [0.5, 0.6) is 0 Å². The number of nitrogens with one attached hydrogen (secondary N) is 2. The Morgan fingerprint density at radius 2 is 1.31 bits per heavy atom. The third-order valence-electron chi connectivity index (χ3n) is 3.43. The molecule has 0 saturated heterocycles. The molecule has 0 aliphatic carbocycles. The molecule has 0 fully saturated rings. The van der Waals surface area contributed by atoms with Crippen molar-refractivity contribution in [3.63, 3.8) is 0 Å². The predicted octanol–water partition coefficient (Wildman–Crippen LogP) is 3.92. The van der Waals surface area contributed by atoms with Gasteiger partial charge in [-0.1, -0.05) is 6.07 Å². The summed E-state index contributed by atoms with van der Waals surface area (Å²) in [4.78, 5) is 8.28. The van der Waals surface area contributed by atoms with Gasteiger partial charge in [0.1, 0.15) is 23.1 Å². The molecule has 2 aromatic carbocycles. The average Bonchev–Trinajstić information content (AvgIpc) is 3.07. The standard InChI is InChI=1S/C16H9F3N6O/c17-8-4-6-9(7-5-8)20-13-14(23-16-15(22-13)24-26-25-16)21-12-10(18)2-1-3-11(12)19/h1-7H,(H,20,22,24)(H,21,23,25). The maximum absolute atomic E-state index is 13.9. The Labute approximate surface area is 143 Å². The number of anilines is 4. The molecule has 26 heavy (non-hydrogen) atoms. The molecule has 0 radical (unpaired) electrons. The Hall–Kier alpha value is -3.69. The van der Waals surface area contributed by atoms with Gasteiger partial charge in [0.15, 0.2) is 11.6 Å². The quantitative estimate of drug-likeness (QED) is 0.572. The van der Waals surface area contributed by atoms with E-state index in [1.54, 1.807) is 0 Å². The summed E-state index contributed by atoms with van der Waals surface area (Å²) in [6.07, 6.45) is 0. The van der Waals surface area contributed by atoms with E-state index >= 15 is 0 Å². The minimum absolute atomic E-state index is 0.0125. The smallest absolute Gasteiger partial charge is 0.245 e. The SMILES string of the molecule is Fc1ccc(Nc2nc3nonc3nc2Nc2c(F)cccc2F)cc1. The van der Waals surface area contributed by atoms with Crippen LogP contribution in [0.15, 0.2) is 47.1 Å². The minimum atomic E-state index is -0.807. The zero-order valence-corrected chi connectivity index (χ0v) is 12.9. The van der Waals surface area contributed by atoms with Crippen LogP contribution >= 0.6 is 0 Å². The molecule has 2 N–H and O–H groups in total. The highest BCUT2D eigenvalue weighted by atomic mass is 19.1. The summed E-state index contributed by atoms with van der Waals surface area (Å²) < 4.78 is 45.5. The van der Waals surface area contributed by atoms with Crippen molar-refractivity contribution in [1.29, 1.82) is 0 Å². The van der Waals surface area contributed by atoms with E-state index in [9.17, 15) is 13.2 Å². The van der Waals surface area contributed by atoms with E-state index in [1.807, 2.05) is 0 Å². The Bertz CT molecular complexity index is 1060. The van der Waals surface area contributed by atoms with Gasteiger partial charge >= 0.3 is 0 Å². The fraction of sp³-hybridized carbons (Fsp3) is 0. The number of rotatable bonds is 4. The van der Waals surface area contributed by atoms with E-state index < -0.39 is 23.1 Å². The summed E-state index contributed by atoms with van der Waals surface area (Å²) >= 11 is 0. The first-order chi connectivity index (χ1) is 12.6. The van der Waals surface area contributed by atoms with E-state index in [2.05, 4.69) is 35.5 Å². The van der Waals surface area contributed by atoms with Gasteiger partial charge in [-0.25, -0.2) is 27.8 Å². The topological polar surface area (TPSA) is 88.8 Å². The zero-order valence-electron chi connectivity index (χ0n) is 12.9.